The molecule has 0 aromatic carbocycles. The Morgan fingerprint density at radius 1 is 1.57 bits per heavy atom. The summed E-state index contributed by atoms with van der Waals surface area (Å²) in [6.45, 7) is 1.88. The first kappa shape index (κ1) is 16.2. The SMILES string of the molecule is CSC1CCCC1NC(=O)NC(C)CC(O)c1ccco1. The molecule has 1 heterocycles. The number of aliphatic hydroxyl groups excluding tert-OH is 1. The molecule has 0 spiro atoms. The Hall–Kier alpha value is -1.14. The Labute approximate surface area is 129 Å². The lowest BCUT2D eigenvalue weighted by Crippen LogP contribution is -2.47. The van der Waals surface area contributed by atoms with Crippen LogP contribution in [0, 0.1) is 0 Å². The first-order valence-corrected chi connectivity index (χ1v) is 8.70. The maximum absolute atomic E-state index is 12.0. The van der Waals surface area contributed by atoms with E-state index in [2.05, 4.69) is 16.9 Å². The minimum atomic E-state index is -0.694. The minimum Gasteiger partial charge on any atom is -0.467 e. The molecule has 6 heteroatoms. The molecule has 1 saturated carbocycles. The molecule has 1 aromatic heterocycles. The third-order valence-electron chi connectivity index (χ3n) is 3.90. The number of nitrogens with one attached hydrogen (secondary N) is 2. The second-order valence-electron chi connectivity index (χ2n) is 5.60. The van der Waals surface area contributed by atoms with E-state index in [9.17, 15) is 9.90 Å². The quantitative estimate of drug-likeness (QED) is 0.755. The Morgan fingerprint density at radius 3 is 3.05 bits per heavy atom. The van der Waals surface area contributed by atoms with Crippen LogP contribution in [0.4, 0.5) is 4.79 Å². The van der Waals surface area contributed by atoms with Gasteiger partial charge in [0, 0.05) is 23.8 Å². The van der Waals surface area contributed by atoms with Crippen molar-refractivity contribution in [1.29, 1.82) is 0 Å². The van der Waals surface area contributed by atoms with E-state index in [1.807, 2.05) is 18.7 Å². The van der Waals surface area contributed by atoms with Crippen molar-refractivity contribution in [2.75, 3.05) is 6.26 Å². The van der Waals surface area contributed by atoms with E-state index in [0.717, 1.165) is 6.42 Å². The molecule has 1 fully saturated rings. The lowest BCUT2D eigenvalue weighted by atomic mass is 10.1. The van der Waals surface area contributed by atoms with Gasteiger partial charge in [0.15, 0.2) is 0 Å². The van der Waals surface area contributed by atoms with Gasteiger partial charge in [-0.15, -0.1) is 0 Å². The monoisotopic (exact) mass is 312 g/mol. The average Bonchev–Trinajstić information content (AvgIpc) is 3.08. The zero-order valence-electron chi connectivity index (χ0n) is 12.5. The Kier molecular flexibility index (Phi) is 5.99. The zero-order valence-corrected chi connectivity index (χ0v) is 13.4. The molecule has 118 valence electrons. The first-order chi connectivity index (χ1) is 10.1. The number of hydrogen-bond acceptors (Lipinski definition) is 4. The predicted octanol–water partition coefficient (Wildman–Crippen LogP) is 2.67. The van der Waals surface area contributed by atoms with Crippen LogP contribution < -0.4 is 10.6 Å². The molecule has 4 unspecified atom stereocenters. The van der Waals surface area contributed by atoms with Crippen LogP contribution in [0.25, 0.3) is 0 Å². The molecule has 21 heavy (non-hydrogen) atoms. The van der Waals surface area contributed by atoms with Gasteiger partial charge in [-0.25, -0.2) is 4.79 Å². The highest BCUT2D eigenvalue weighted by molar-refractivity contribution is 7.99. The van der Waals surface area contributed by atoms with Gasteiger partial charge in [0.05, 0.1) is 6.26 Å². The van der Waals surface area contributed by atoms with E-state index in [-0.39, 0.29) is 18.1 Å². The molecular formula is C15H24N2O3S. The second kappa shape index (κ2) is 7.75. The van der Waals surface area contributed by atoms with Crippen molar-refractivity contribution >= 4 is 17.8 Å². The van der Waals surface area contributed by atoms with E-state index >= 15 is 0 Å². The predicted molar refractivity (Wildman–Crippen MR) is 84.4 cm³/mol. The summed E-state index contributed by atoms with van der Waals surface area (Å²) < 4.78 is 5.16. The first-order valence-electron chi connectivity index (χ1n) is 7.41. The average molecular weight is 312 g/mol. The summed E-state index contributed by atoms with van der Waals surface area (Å²) >= 11 is 1.82. The highest BCUT2D eigenvalue weighted by Crippen LogP contribution is 2.28. The summed E-state index contributed by atoms with van der Waals surface area (Å²) in [5.74, 6) is 0.530. The van der Waals surface area contributed by atoms with Crippen LogP contribution in [0.15, 0.2) is 22.8 Å². The van der Waals surface area contributed by atoms with Gasteiger partial charge in [-0.1, -0.05) is 6.42 Å². The zero-order chi connectivity index (χ0) is 15.2. The summed E-state index contributed by atoms with van der Waals surface area (Å²) in [6.07, 6.45) is 6.74. The van der Waals surface area contributed by atoms with Crippen LogP contribution in [0.1, 0.15) is 44.5 Å². The number of amides is 2. The molecule has 2 rings (SSSR count). The Bertz CT molecular complexity index is 438. The molecule has 0 aliphatic heterocycles. The number of rotatable bonds is 6. The largest absolute Gasteiger partial charge is 0.467 e. The molecular weight excluding hydrogens is 288 g/mol. The van der Waals surface area contributed by atoms with E-state index in [1.54, 1.807) is 12.1 Å². The van der Waals surface area contributed by atoms with Crippen molar-refractivity contribution in [2.24, 2.45) is 0 Å². The van der Waals surface area contributed by atoms with Gasteiger partial charge >= 0.3 is 6.03 Å². The van der Waals surface area contributed by atoms with Gasteiger partial charge in [0.1, 0.15) is 11.9 Å². The lowest BCUT2D eigenvalue weighted by molar-refractivity contribution is 0.129. The van der Waals surface area contributed by atoms with Crippen LogP contribution in [-0.4, -0.2) is 34.7 Å². The summed E-state index contributed by atoms with van der Waals surface area (Å²) in [5.41, 5.74) is 0. The summed E-state index contributed by atoms with van der Waals surface area (Å²) in [6, 6.07) is 3.45. The van der Waals surface area contributed by atoms with Crippen molar-refractivity contribution in [3.8, 4) is 0 Å². The third-order valence-corrected chi connectivity index (χ3v) is 5.07. The van der Waals surface area contributed by atoms with Crippen LogP contribution in [-0.2, 0) is 0 Å². The van der Waals surface area contributed by atoms with E-state index in [4.69, 9.17) is 4.42 Å². The number of carbonyl (C=O) groups excluding carboxylic acids is 1. The van der Waals surface area contributed by atoms with Crippen molar-refractivity contribution in [2.45, 2.75) is 56.0 Å². The van der Waals surface area contributed by atoms with Gasteiger partial charge in [-0.05, 0) is 38.2 Å². The smallest absolute Gasteiger partial charge is 0.315 e. The van der Waals surface area contributed by atoms with Gasteiger partial charge in [0.25, 0.3) is 0 Å². The van der Waals surface area contributed by atoms with Crippen LogP contribution in [0.2, 0.25) is 0 Å². The maximum atomic E-state index is 12.0. The highest BCUT2D eigenvalue weighted by Gasteiger charge is 2.28. The van der Waals surface area contributed by atoms with Crippen molar-refractivity contribution in [3.63, 3.8) is 0 Å². The second-order valence-corrected chi connectivity index (χ2v) is 6.67. The van der Waals surface area contributed by atoms with Gasteiger partial charge in [-0.3, -0.25) is 0 Å². The molecule has 4 atom stereocenters. The summed E-state index contributed by atoms with van der Waals surface area (Å²) in [4.78, 5) is 12.0. The van der Waals surface area contributed by atoms with Gasteiger partial charge in [-0.2, -0.15) is 11.8 Å². The maximum Gasteiger partial charge on any atom is 0.315 e. The van der Waals surface area contributed by atoms with E-state index in [0.29, 0.717) is 17.4 Å². The fourth-order valence-corrected chi connectivity index (χ4v) is 3.73. The van der Waals surface area contributed by atoms with Crippen molar-refractivity contribution < 1.29 is 14.3 Å². The molecule has 0 saturated heterocycles. The standard InChI is InChI=1S/C15H24N2O3S/c1-10(9-12(18)13-6-4-8-20-13)16-15(19)17-11-5-3-7-14(11)21-2/h4,6,8,10-12,14,18H,3,5,7,9H2,1-2H3,(H2,16,17,19). The minimum absolute atomic E-state index is 0.126. The fourth-order valence-electron chi connectivity index (χ4n) is 2.80. The Balaban J connectivity index is 1.74. The molecule has 5 nitrogen and oxygen atoms in total. The third kappa shape index (κ3) is 4.68. The number of carbonyl (C=O) groups is 1. The summed E-state index contributed by atoms with van der Waals surface area (Å²) in [5, 5.41) is 16.4. The molecule has 3 N–H and O–H groups in total. The van der Waals surface area contributed by atoms with Crippen molar-refractivity contribution in [1.82, 2.24) is 10.6 Å². The van der Waals surface area contributed by atoms with E-state index in [1.165, 1.54) is 19.1 Å². The summed E-state index contributed by atoms with van der Waals surface area (Å²) in [7, 11) is 0. The van der Waals surface area contributed by atoms with Crippen LogP contribution in [0.3, 0.4) is 0 Å². The molecule has 2 amide bonds. The number of thioether (sulfide) groups is 1. The number of furan rings is 1. The molecule has 1 aromatic rings. The van der Waals surface area contributed by atoms with Crippen molar-refractivity contribution in [3.05, 3.63) is 24.2 Å². The van der Waals surface area contributed by atoms with Gasteiger partial charge < -0.3 is 20.2 Å². The molecule has 1 aliphatic rings. The number of aliphatic hydroxyl groups is 1. The molecule has 0 radical (unpaired) electrons. The normalized spacial score (nSPS) is 24.5. The highest BCUT2D eigenvalue weighted by atomic mass is 32.2. The number of urea groups is 1. The number of hydrogen-bond donors (Lipinski definition) is 3. The van der Waals surface area contributed by atoms with Gasteiger partial charge in [0.2, 0.25) is 0 Å². The topological polar surface area (TPSA) is 74.5 Å². The van der Waals surface area contributed by atoms with E-state index < -0.39 is 6.10 Å². The lowest BCUT2D eigenvalue weighted by Gasteiger charge is -2.22. The molecule has 1 aliphatic carbocycles. The van der Waals surface area contributed by atoms with Crippen LogP contribution in [0.5, 0.6) is 0 Å². The Morgan fingerprint density at radius 2 is 2.38 bits per heavy atom. The molecule has 0 bridgehead atoms. The van der Waals surface area contributed by atoms with Crippen LogP contribution >= 0.6 is 11.8 Å². The fraction of sp³-hybridized carbons (Fsp3) is 0.667.